The number of aliphatic carboxylic acids is 1. The number of aliphatic imine (C=N–C) groups is 1. The van der Waals surface area contributed by atoms with E-state index in [1.807, 2.05) is 0 Å². The second kappa shape index (κ2) is 11.4. The first-order valence-electron chi connectivity index (χ1n) is 11.6. The lowest BCUT2D eigenvalue weighted by Gasteiger charge is -2.19. The van der Waals surface area contributed by atoms with Crippen LogP contribution in [0.2, 0.25) is 0 Å². The van der Waals surface area contributed by atoms with Crippen LogP contribution in [-0.2, 0) is 15.8 Å². The Labute approximate surface area is 218 Å². The summed E-state index contributed by atoms with van der Waals surface area (Å²) in [6.07, 6.45) is -4.74. The number of anilines is 1. The second-order valence-electron chi connectivity index (χ2n) is 8.67. The Morgan fingerprint density at radius 3 is 2.54 bits per heavy atom. The van der Waals surface area contributed by atoms with E-state index in [0.717, 1.165) is 24.3 Å². The third-order valence-corrected chi connectivity index (χ3v) is 5.78. The molecule has 39 heavy (non-hydrogen) atoms. The molecule has 1 aliphatic heterocycles. The standard InChI is InChI=1S/C24H23F4N7O4/c25-15-8-30-23(31-9-15)34-18-5-13(6-19-16(18)10-32-35-19)22(39)29-11-20(36)33-17(7-21(37)38)12-1-3-14(4-2-12)24(26,27)28/h1-6,10,15,17H,7-9,11H2,(H,29,39)(H,32,35)(H,33,36)(H,37,38)(H2,30,31,34)/t17-/m0/s1. The topological polar surface area (TPSA) is 161 Å². The number of guanidine groups is 1. The van der Waals surface area contributed by atoms with Gasteiger partial charge in [0.05, 0.1) is 55.1 Å². The average molecular weight is 549 g/mol. The number of aromatic nitrogens is 2. The highest BCUT2D eigenvalue weighted by atomic mass is 19.4. The minimum atomic E-state index is -4.57. The smallest absolute Gasteiger partial charge is 0.416 e. The second-order valence-corrected chi connectivity index (χ2v) is 8.67. The van der Waals surface area contributed by atoms with E-state index in [1.165, 1.54) is 18.3 Å². The summed E-state index contributed by atoms with van der Waals surface area (Å²) in [5.41, 5.74) is 0.330. The summed E-state index contributed by atoms with van der Waals surface area (Å²) >= 11 is 0. The van der Waals surface area contributed by atoms with Crippen molar-refractivity contribution in [1.29, 1.82) is 0 Å². The molecule has 0 radical (unpaired) electrons. The van der Waals surface area contributed by atoms with Gasteiger partial charge in [-0.1, -0.05) is 12.1 Å². The molecule has 11 nitrogen and oxygen atoms in total. The monoisotopic (exact) mass is 549 g/mol. The molecule has 1 unspecified atom stereocenters. The molecule has 0 saturated heterocycles. The van der Waals surface area contributed by atoms with Gasteiger partial charge in [-0.15, -0.1) is 0 Å². The third-order valence-electron chi connectivity index (χ3n) is 5.78. The van der Waals surface area contributed by atoms with Crippen LogP contribution < -0.4 is 21.3 Å². The Kier molecular flexibility index (Phi) is 7.97. The Bertz CT molecular complexity index is 1410. The lowest BCUT2D eigenvalue weighted by Crippen LogP contribution is -2.41. The maximum atomic E-state index is 13.3. The molecule has 2 amide bonds. The first-order chi connectivity index (χ1) is 18.5. The predicted octanol–water partition coefficient (Wildman–Crippen LogP) is 2.35. The number of alkyl halides is 4. The van der Waals surface area contributed by atoms with Crippen molar-refractivity contribution in [1.82, 2.24) is 26.1 Å². The average Bonchev–Trinajstić information content (AvgIpc) is 3.37. The van der Waals surface area contributed by atoms with Crippen LogP contribution in [0.15, 0.2) is 47.6 Å². The van der Waals surface area contributed by atoms with Crippen LogP contribution in [0, 0.1) is 0 Å². The van der Waals surface area contributed by atoms with Crippen molar-refractivity contribution in [2.24, 2.45) is 4.99 Å². The van der Waals surface area contributed by atoms with E-state index in [-0.39, 0.29) is 24.2 Å². The van der Waals surface area contributed by atoms with Gasteiger partial charge in [-0.05, 0) is 29.8 Å². The van der Waals surface area contributed by atoms with Gasteiger partial charge in [-0.25, -0.2) is 9.38 Å². The number of carbonyl (C=O) groups excluding carboxylic acids is 2. The van der Waals surface area contributed by atoms with Crippen molar-refractivity contribution in [3.63, 3.8) is 0 Å². The van der Waals surface area contributed by atoms with Gasteiger partial charge >= 0.3 is 12.1 Å². The Balaban J connectivity index is 1.42. The number of H-pyrrole nitrogens is 1. The summed E-state index contributed by atoms with van der Waals surface area (Å²) < 4.78 is 51.9. The summed E-state index contributed by atoms with van der Waals surface area (Å²) in [4.78, 5) is 40.7. The largest absolute Gasteiger partial charge is 0.481 e. The lowest BCUT2D eigenvalue weighted by atomic mass is 10.0. The van der Waals surface area contributed by atoms with Crippen molar-refractivity contribution >= 4 is 40.3 Å². The molecule has 3 aromatic rings. The Morgan fingerprint density at radius 1 is 1.15 bits per heavy atom. The van der Waals surface area contributed by atoms with Crippen LogP contribution in [0.5, 0.6) is 0 Å². The van der Waals surface area contributed by atoms with Gasteiger partial charge in [0.2, 0.25) is 5.91 Å². The first kappa shape index (κ1) is 27.3. The van der Waals surface area contributed by atoms with E-state index in [4.69, 9.17) is 0 Å². The SMILES string of the molecule is O=C(O)C[C@H](NC(=O)CNC(=O)c1cc(NC2=NCC(F)CN2)c2cn[nH]c2c1)c1ccc(C(F)(F)F)cc1. The third kappa shape index (κ3) is 7.00. The number of carboxylic acid groups (broad SMARTS) is 1. The Hall–Kier alpha value is -4.69. The molecule has 1 aliphatic rings. The van der Waals surface area contributed by atoms with Crippen LogP contribution in [0.4, 0.5) is 23.2 Å². The number of benzene rings is 2. The fraction of sp³-hybridized carbons (Fsp3) is 0.292. The van der Waals surface area contributed by atoms with Gasteiger partial charge in [0.1, 0.15) is 6.17 Å². The quantitative estimate of drug-likeness (QED) is 0.235. The number of rotatable bonds is 8. The summed E-state index contributed by atoms with van der Waals surface area (Å²) in [5.74, 6) is -2.36. The van der Waals surface area contributed by atoms with Gasteiger partial charge in [-0.3, -0.25) is 19.5 Å². The van der Waals surface area contributed by atoms with Crippen molar-refractivity contribution in [3.8, 4) is 0 Å². The van der Waals surface area contributed by atoms with Crippen LogP contribution >= 0.6 is 0 Å². The zero-order valence-corrected chi connectivity index (χ0v) is 20.1. The summed E-state index contributed by atoms with van der Waals surface area (Å²) in [6.45, 7) is -0.481. The van der Waals surface area contributed by atoms with Crippen molar-refractivity contribution in [2.75, 3.05) is 25.0 Å². The number of hydrogen-bond donors (Lipinski definition) is 6. The van der Waals surface area contributed by atoms with E-state index in [1.54, 1.807) is 0 Å². The predicted molar refractivity (Wildman–Crippen MR) is 132 cm³/mol. The summed E-state index contributed by atoms with van der Waals surface area (Å²) in [7, 11) is 0. The van der Waals surface area contributed by atoms with Crippen LogP contribution in [0.1, 0.15) is 33.9 Å². The number of carbonyl (C=O) groups is 3. The minimum absolute atomic E-state index is 0.0193. The fourth-order valence-electron chi connectivity index (χ4n) is 3.85. The van der Waals surface area contributed by atoms with Gasteiger partial charge < -0.3 is 26.4 Å². The lowest BCUT2D eigenvalue weighted by molar-refractivity contribution is -0.139. The molecule has 2 aromatic carbocycles. The molecule has 0 aliphatic carbocycles. The number of fused-ring (bicyclic) bond motifs is 1. The van der Waals surface area contributed by atoms with E-state index in [0.29, 0.717) is 22.5 Å². The number of nitrogens with zero attached hydrogens (tertiary/aromatic N) is 2. The zero-order chi connectivity index (χ0) is 28.2. The molecule has 0 spiro atoms. The van der Waals surface area contributed by atoms with Crippen molar-refractivity contribution < 1.29 is 37.1 Å². The number of nitrogens with one attached hydrogen (secondary N) is 5. The Morgan fingerprint density at radius 2 is 1.90 bits per heavy atom. The number of amides is 2. The molecule has 0 saturated carbocycles. The highest BCUT2D eigenvalue weighted by molar-refractivity contribution is 6.07. The molecular formula is C24H23F4N7O4. The van der Waals surface area contributed by atoms with E-state index >= 15 is 0 Å². The van der Waals surface area contributed by atoms with Crippen LogP contribution in [0.3, 0.4) is 0 Å². The zero-order valence-electron chi connectivity index (χ0n) is 20.1. The molecular weight excluding hydrogens is 526 g/mol. The maximum absolute atomic E-state index is 13.3. The maximum Gasteiger partial charge on any atom is 0.416 e. The van der Waals surface area contributed by atoms with Gasteiger partial charge in [0.25, 0.3) is 5.91 Å². The fourth-order valence-corrected chi connectivity index (χ4v) is 3.85. The van der Waals surface area contributed by atoms with Crippen LogP contribution in [-0.4, -0.2) is 64.9 Å². The molecule has 2 heterocycles. The number of carboxylic acids is 1. The van der Waals surface area contributed by atoms with Crippen molar-refractivity contribution in [2.45, 2.75) is 24.8 Å². The van der Waals surface area contributed by atoms with Gasteiger partial charge in [0, 0.05) is 10.9 Å². The summed E-state index contributed by atoms with van der Waals surface area (Å²) in [6, 6.07) is 5.62. The molecule has 2 atom stereocenters. The normalized spacial score (nSPS) is 16.1. The number of halogens is 4. The van der Waals surface area contributed by atoms with Gasteiger partial charge in [0.15, 0.2) is 5.96 Å². The molecule has 6 N–H and O–H groups in total. The van der Waals surface area contributed by atoms with E-state index in [9.17, 15) is 37.1 Å². The first-order valence-corrected chi connectivity index (χ1v) is 11.6. The molecule has 0 fully saturated rings. The molecule has 1 aromatic heterocycles. The highest BCUT2D eigenvalue weighted by Gasteiger charge is 2.30. The minimum Gasteiger partial charge on any atom is -0.481 e. The molecule has 206 valence electrons. The number of aromatic amines is 1. The molecule has 0 bridgehead atoms. The van der Waals surface area contributed by atoms with Crippen LogP contribution in [0.25, 0.3) is 10.9 Å². The van der Waals surface area contributed by atoms with E-state index in [2.05, 4.69) is 36.5 Å². The van der Waals surface area contributed by atoms with Gasteiger partial charge in [-0.2, -0.15) is 18.3 Å². The highest BCUT2D eigenvalue weighted by Crippen LogP contribution is 2.30. The van der Waals surface area contributed by atoms with Crippen molar-refractivity contribution in [3.05, 3.63) is 59.3 Å². The summed E-state index contributed by atoms with van der Waals surface area (Å²) in [5, 5.41) is 27.2. The molecule has 15 heteroatoms. The number of hydrogen-bond acceptors (Lipinski definition) is 7. The van der Waals surface area contributed by atoms with E-state index < -0.39 is 54.7 Å². The molecule has 4 rings (SSSR count).